The summed E-state index contributed by atoms with van der Waals surface area (Å²) in [6.07, 6.45) is -21.9. The predicted octanol–water partition coefficient (Wildman–Crippen LogP) is -4.21. The van der Waals surface area contributed by atoms with Crippen molar-refractivity contribution in [1.29, 1.82) is 0 Å². The zero-order valence-corrected chi connectivity index (χ0v) is 35.7. The van der Waals surface area contributed by atoms with Gasteiger partial charge < -0.3 is 82.1 Å². The van der Waals surface area contributed by atoms with Crippen LogP contribution in [0.4, 0.5) is 32.2 Å². The SMILES string of the molecule is CCn1c(CNC(=O)c2nc3cc[nH]c3nc2N)[n+](CC)c2cc(CCCN(C[C@H](O)[C@@H](O)[C@H](O)[C@H](O)CO)C[C@H](O)[C@@H](O)[C@H](O)[C@H](O)CO)ccc21.O=C(O)C(F)(F)F.O=C([O-])C(F)(F)F. The number of H-pyrrole nitrogens is 1. The lowest BCUT2D eigenvalue weighted by atomic mass is 10.0. The molecule has 1 aromatic carbocycles. The molecule has 0 unspecified atom stereocenters. The number of imidazole rings is 1. The first-order chi connectivity index (χ1) is 31.1. The Balaban J connectivity index is 0.000000952. The first kappa shape index (κ1) is 57.8. The molecule has 15 N–H and O–H groups in total. The highest BCUT2D eigenvalue weighted by Gasteiger charge is 2.38. The number of amides is 1. The first-order valence-electron chi connectivity index (χ1n) is 20.0. The number of carboxylic acid groups (broad SMARTS) is 2. The summed E-state index contributed by atoms with van der Waals surface area (Å²) in [6, 6.07) is 7.67. The number of aromatic nitrogens is 5. The molecule has 4 aromatic rings. The number of halogens is 6. The number of anilines is 1. The summed E-state index contributed by atoms with van der Waals surface area (Å²) in [6.45, 7) is 3.16. The molecule has 4 rings (SSSR count). The Morgan fingerprint density at radius 2 is 1.36 bits per heavy atom. The zero-order chi connectivity index (χ0) is 51.1. The van der Waals surface area contributed by atoms with E-state index in [1.54, 1.807) is 12.3 Å². The molecular formula is C38H54F6N8O15. The van der Waals surface area contributed by atoms with E-state index in [1.807, 2.05) is 32.0 Å². The van der Waals surface area contributed by atoms with E-state index in [9.17, 15) is 72.0 Å². The molecule has 0 radical (unpaired) electrons. The number of carboxylic acids is 2. The molecule has 0 aliphatic heterocycles. The largest absolute Gasteiger partial charge is 0.542 e. The maximum absolute atomic E-state index is 13.2. The lowest BCUT2D eigenvalue weighted by Gasteiger charge is -2.33. The Morgan fingerprint density at radius 1 is 0.851 bits per heavy atom. The van der Waals surface area contributed by atoms with Crippen LogP contribution in [0.2, 0.25) is 0 Å². The number of nitrogen functional groups attached to an aromatic ring is 1. The van der Waals surface area contributed by atoms with Gasteiger partial charge in [0.2, 0.25) is 0 Å². The van der Waals surface area contributed by atoms with Gasteiger partial charge in [0.05, 0.1) is 38.5 Å². The number of benzene rings is 1. The number of carbonyl (C=O) groups is 3. The van der Waals surface area contributed by atoms with Crippen molar-refractivity contribution in [2.75, 3.05) is 38.6 Å². The molecule has 23 nitrogen and oxygen atoms in total. The number of nitrogens with one attached hydrogen (secondary N) is 2. The van der Waals surface area contributed by atoms with Crippen molar-refractivity contribution < 1.29 is 107 Å². The van der Waals surface area contributed by atoms with E-state index in [-0.39, 0.29) is 37.7 Å². The number of hydrogen-bond donors (Lipinski definition) is 14. The van der Waals surface area contributed by atoms with Crippen LogP contribution in [0.25, 0.3) is 22.2 Å². The molecule has 29 heteroatoms. The maximum Gasteiger partial charge on any atom is 0.490 e. The molecule has 8 atom stereocenters. The Hall–Kier alpha value is -5.34. The van der Waals surface area contributed by atoms with Crippen molar-refractivity contribution in [2.24, 2.45) is 0 Å². The van der Waals surface area contributed by atoms with Crippen LogP contribution in [0.5, 0.6) is 0 Å². The lowest BCUT2D eigenvalue weighted by molar-refractivity contribution is -0.676. The number of aliphatic hydroxyl groups is 10. The van der Waals surface area contributed by atoms with E-state index >= 15 is 0 Å². The van der Waals surface area contributed by atoms with Crippen LogP contribution < -0.4 is 20.7 Å². The van der Waals surface area contributed by atoms with Crippen LogP contribution >= 0.6 is 0 Å². The van der Waals surface area contributed by atoms with Gasteiger partial charge in [-0.1, -0.05) is 6.07 Å². The molecule has 3 aromatic heterocycles. The molecule has 0 fully saturated rings. The summed E-state index contributed by atoms with van der Waals surface area (Å²) in [5, 5.41) is 119. The van der Waals surface area contributed by atoms with Crippen molar-refractivity contribution in [1.82, 2.24) is 29.7 Å². The van der Waals surface area contributed by atoms with Crippen LogP contribution in [0, 0.1) is 0 Å². The molecule has 0 bridgehead atoms. The van der Waals surface area contributed by atoms with E-state index in [1.165, 1.54) is 4.90 Å². The van der Waals surface area contributed by atoms with E-state index in [0.717, 1.165) is 22.4 Å². The number of aryl methyl sites for hydroxylation is 3. The van der Waals surface area contributed by atoms with E-state index in [4.69, 9.17) is 35.7 Å². The van der Waals surface area contributed by atoms with Gasteiger partial charge in [-0.25, -0.2) is 23.9 Å². The Kier molecular flexibility index (Phi) is 22.2. The summed E-state index contributed by atoms with van der Waals surface area (Å²) in [4.78, 5) is 43.8. The smallest absolute Gasteiger partial charge is 0.490 e. The number of aromatic amines is 1. The van der Waals surface area contributed by atoms with Gasteiger partial charge >= 0.3 is 18.3 Å². The highest BCUT2D eigenvalue weighted by molar-refractivity contribution is 5.98. The van der Waals surface area contributed by atoms with Crippen molar-refractivity contribution in [3.05, 3.63) is 47.5 Å². The standard InChI is InChI=1S/C34H52N8O11.2C2HF3O2/c1-3-41-20-8-7-18(12-21(20)42(4-2)26(41)13-37-34(53)27-32(35)39-33-19(38-27)9-10-36-33)6-5-11-40(14-22(45)28(49)30(51)24(47)16-43)15-23(46)29(50)31(52)25(48)17-44;2*3-2(4,5)1(6)7/h7-10,12,22-25,28-31,43-52H,3-6,11,13-17H2,1-2H3,(H3-,35,36,37,38,39,53);2*(H,6,7)/t22-,23-,24+,25+,28+,29+,30+,31+;;/m0../s1. The fraction of sp³-hybridized carbons (Fsp3) is 0.579. The van der Waals surface area contributed by atoms with Gasteiger partial charge in [0.15, 0.2) is 28.2 Å². The average Bonchev–Trinajstić information content (AvgIpc) is 3.86. The second-order valence-electron chi connectivity index (χ2n) is 14.6. The Labute approximate surface area is 375 Å². The highest BCUT2D eigenvalue weighted by atomic mass is 19.4. The van der Waals surface area contributed by atoms with Crippen molar-refractivity contribution in [3.63, 3.8) is 0 Å². The molecule has 0 aliphatic rings. The molecule has 1 amide bonds. The van der Waals surface area contributed by atoms with Crippen molar-refractivity contribution >= 4 is 45.9 Å². The number of carbonyl (C=O) groups excluding carboxylic acids is 2. The van der Waals surface area contributed by atoms with Crippen LogP contribution in [0.3, 0.4) is 0 Å². The van der Waals surface area contributed by atoms with Crippen LogP contribution in [0.1, 0.15) is 42.1 Å². The number of aliphatic hydroxyl groups excluding tert-OH is 10. The molecule has 0 aliphatic carbocycles. The number of alkyl halides is 6. The predicted molar refractivity (Wildman–Crippen MR) is 215 cm³/mol. The Morgan fingerprint density at radius 3 is 1.81 bits per heavy atom. The number of nitrogens with zero attached hydrogens (tertiary/aromatic N) is 5. The topological polar surface area (TPSA) is 388 Å². The summed E-state index contributed by atoms with van der Waals surface area (Å²) >= 11 is 0. The number of rotatable bonds is 21. The zero-order valence-electron chi connectivity index (χ0n) is 35.7. The molecular weight excluding hydrogens is 922 g/mol. The Bertz CT molecular complexity index is 2160. The normalized spacial score (nSPS) is 15.6. The van der Waals surface area contributed by atoms with Crippen molar-refractivity contribution in [2.45, 2.75) is 108 Å². The van der Waals surface area contributed by atoms with Gasteiger partial charge in [-0.3, -0.25) is 9.69 Å². The minimum absolute atomic E-state index is 0.00705. The number of fused-ring (bicyclic) bond motifs is 2. The third-order valence-corrected chi connectivity index (χ3v) is 9.87. The molecule has 0 spiro atoms. The number of nitrogens with two attached hydrogens (primary N) is 1. The molecule has 0 saturated carbocycles. The van der Waals surface area contributed by atoms with E-state index in [0.29, 0.717) is 37.1 Å². The second kappa shape index (κ2) is 25.7. The van der Waals surface area contributed by atoms with Gasteiger partial charge in [-0.05, 0) is 57.0 Å². The highest BCUT2D eigenvalue weighted by Crippen LogP contribution is 2.20. The summed E-state index contributed by atoms with van der Waals surface area (Å²) in [5.74, 6) is -5.38. The summed E-state index contributed by atoms with van der Waals surface area (Å²) < 4.78 is 67.5. The third-order valence-electron chi connectivity index (χ3n) is 9.87. The molecule has 67 heavy (non-hydrogen) atoms. The average molecular weight is 977 g/mol. The van der Waals surface area contributed by atoms with Gasteiger partial charge in [-0.2, -0.15) is 26.3 Å². The third kappa shape index (κ3) is 16.4. The first-order valence-corrected chi connectivity index (χ1v) is 20.0. The maximum atomic E-state index is 13.2. The molecule has 3 heterocycles. The van der Waals surface area contributed by atoms with Crippen LogP contribution in [0.15, 0.2) is 30.5 Å². The lowest BCUT2D eigenvalue weighted by Crippen LogP contribution is -2.53. The molecule has 0 saturated heterocycles. The van der Waals surface area contributed by atoms with Gasteiger partial charge in [-0.15, -0.1) is 0 Å². The summed E-state index contributed by atoms with van der Waals surface area (Å²) in [5.41, 5.74) is 9.85. The van der Waals surface area contributed by atoms with Crippen molar-refractivity contribution in [3.8, 4) is 0 Å². The fourth-order valence-electron chi connectivity index (χ4n) is 6.42. The minimum Gasteiger partial charge on any atom is -0.542 e. The monoisotopic (exact) mass is 976 g/mol. The van der Waals surface area contributed by atoms with Crippen LogP contribution in [-0.4, -0.2) is 192 Å². The van der Waals surface area contributed by atoms with Crippen LogP contribution in [-0.2, 0) is 35.6 Å². The number of aliphatic carboxylic acids is 2. The second-order valence-corrected chi connectivity index (χ2v) is 14.6. The van der Waals surface area contributed by atoms with Gasteiger partial charge in [0.25, 0.3) is 11.7 Å². The number of hydrogen-bond acceptors (Lipinski definition) is 18. The van der Waals surface area contributed by atoms with E-state index < -0.39 is 92.2 Å². The minimum atomic E-state index is -5.19. The van der Waals surface area contributed by atoms with Gasteiger partial charge in [0, 0.05) is 19.3 Å². The fourth-order valence-corrected chi connectivity index (χ4v) is 6.42. The molecule has 378 valence electrons. The van der Waals surface area contributed by atoms with Gasteiger partial charge in [0.1, 0.15) is 54.7 Å². The quantitative estimate of drug-likeness (QED) is 0.0278. The summed E-state index contributed by atoms with van der Waals surface area (Å²) in [7, 11) is 0. The van der Waals surface area contributed by atoms with E-state index in [2.05, 4.69) is 29.4 Å².